The van der Waals surface area contributed by atoms with E-state index in [1.165, 1.54) is 12.1 Å². The van der Waals surface area contributed by atoms with Crippen LogP contribution in [0.2, 0.25) is 5.02 Å². The van der Waals surface area contributed by atoms with Gasteiger partial charge in [-0.25, -0.2) is 17.9 Å². The highest BCUT2D eigenvalue weighted by atomic mass is 35.5. The number of hydrogen-bond acceptors (Lipinski definition) is 2. The highest BCUT2D eigenvalue weighted by molar-refractivity contribution is 6.30. The molecule has 0 bridgehead atoms. The van der Waals surface area contributed by atoms with E-state index in [4.69, 9.17) is 11.6 Å². The molecule has 0 spiro atoms. The van der Waals surface area contributed by atoms with Gasteiger partial charge in [0.05, 0.1) is 5.56 Å². The van der Waals surface area contributed by atoms with Gasteiger partial charge in [-0.15, -0.1) is 0 Å². The van der Waals surface area contributed by atoms with Crippen LogP contribution >= 0.6 is 11.6 Å². The van der Waals surface area contributed by atoms with Gasteiger partial charge in [0, 0.05) is 17.3 Å². The van der Waals surface area contributed by atoms with Gasteiger partial charge >= 0.3 is 6.18 Å². The van der Waals surface area contributed by atoms with Crippen molar-refractivity contribution in [2.45, 2.75) is 44.3 Å². The lowest BCUT2D eigenvalue weighted by molar-refractivity contribution is -0.180. The number of nitrogens with zero attached hydrogens (tertiary/aromatic N) is 3. The molecule has 0 saturated heterocycles. The number of halogens is 7. The van der Waals surface area contributed by atoms with E-state index >= 15 is 0 Å². The van der Waals surface area contributed by atoms with E-state index in [1.807, 2.05) is 0 Å². The Labute approximate surface area is 160 Å². The lowest BCUT2D eigenvalue weighted by Gasteiger charge is -2.33. The van der Waals surface area contributed by atoms with Crippen LogP contribution in [-0.2, 0) is 6.80 Å². The number of carbonyl (C=O) groups is 1. The summed E-state index contributed by atoms with van der Waals surface area (Å²) in [4.78, 5) is 13.4. The zero-order chi connectivity index (χ0) is 20.6. The quantitative estimate of drug-likeness (QED) is 0.588. The first-order valence-corrected chi connectivity index (χ1v) is 8.57. The van der Waals surface area contributed by atoms with Crippen molar-refractivity contribution < 1.29 is 31.1 Å². The summed E-state index contributed by atoms with van der Waals surface area (Å²) in [5.74, 6) is -1.33. The van der Waals surface area contributed by atoms with Crippen molar-refractivity contribution in [2.75, 3.05) is 0 Å². The monoisotopic (exact) mass is 425 g/mol. The molecular formula is C17H14ClF6N3O. The summed E-state index contributed by atoms with van der Waals surface area (Å²) in [5.41, 5.74) is -2.11. The first kappa shape index (κ1) is 20.5. The van der Waals surface area contributed by atoms with Gasteiger partial charge in [0.2, 0.25) is 0 Å². The molecule has 1 fully saturated rings. The van der Waals surface area contributed by atoms with Gasteiger partial charge in [-0.05, 0) is 30.5 Å². The fraction of sp³-hybridized carbons (Fsp3) is 0.412. The molecule has 0 aliphatic heterocycles. The van der Waals surface area contributed by atoms with E-state index in [0.717, 1.165) is 12.1 Å². The zero-order valence-electron chi connectivity index (χ0n) is 14.1. The van der Waals surface area contributed by atoms with Crippen molar-refractivity contribution in [1.29, 1.82) is 0 Å². The predicted molar refractivity (Wildman–Crippen MR) is 87.7 cm³/mol. The van der Waals surface area contributed by atoms with E-state index in [0.29, 0.717) is 15.8 Å². The highest BCUT2D eigenvalue weighted by Gasteiger charge is 2.52. The molecule has 1 saturated carbocycles. The molecule has 1 aromatic heterocycles. The molecule has 1 aliphatic carbocycles. The number of amides is 1. The smallest absolute Gasteiger partial charge is 0.318 e. The number of benzene rings is 1. The minimum absolute atomic E-state index is 0.0323. The second kappa shape index (κ2) is 7.65. The molecule has 1 aromatic carbocycles. The van der Waals surface area contributed by atoms with Gasteiger partial charge in [-0.1, -0.05) is 23.7 Å². The largest absolute Gasteiger partial charge is 0.413 e. The van der Waals surface area contributed by atoms with Crippen molar-refractivity contribution in [3.8, 4) is 0 Å². The van der Waals surface area contributed by atoms with Crippen LogP contribution < -0.4 is 0 Å². The van der Waals surface area contributed by atoms with Gasteiger partial charge in [-0.2, -0.15) is 18.3 Å². The van der Waals surface area contributed by atoms with Crippen LogP contribution in [0.4, 0.5) is 26.3 Å². The van der Waals surface area contributed by atoms with Crippen molar-refractivity contribution in [3.05, 3.63) is 52.3 Å². The lowest BCUT2D eigenvalue weighted by Crippen LogP contribution is -2.44. The average Bonchev–Trinajstić information content (AvgIpc) is 3.34. The molecule has 1 amide bonds. The number of aromatic nitrogens is 2. The van der Waals surface area contributed by atoms with E-state index in [-0.39, 0.29) is 23.4 Å². The third kappa shape index (κ3) is 4.11. The molecule has 0 N–H and O–H groups in total. The summed E-state index contributed by atoms with van der Waals surface area (Å²) in [5, 5.41) is 3.47. The Balaban J connectivity index is 2.09. The summed E-state index contributed by atoms with van der Waals surface area (Å²) < 4.78 is 81.5. The summed E-state index contributed by atoms with van der Waals surface area (Å²) >= 11 is 5.80. The lowest BCUT2D eigenvalue weighted by atomic mass is 10.0. The Kier molecular flexibility index (Phi) is 5.60. The Bertz CT molecular complexity index is 865. The van der Waals surface area contributed by atoms with Crippen LogP contribution in [0.5, 0.6) is 0 Å². The minimum atomic E-state index is -4.89. The SMILES string of the molecule is O=C(c1nn(CF)cc1C(F)F)N(C1CC1)C(c1cccc(Cl)c1)C(F)(F)F. The second-order valence-corrected chi connectivity index (χ2v) is 6.77. The molecule has 11 heteroatoms. The summed E-state index contributed by atoms with van der Waals surface area (Å²) in [6, 6.07) is 1.71. The number of carbonyl (C=O) groups excluding carboxylic acids is 1. The molecule has 4 nitrogen and oxygen atoms in total. The molecule has 152 valence electrons. The van der Waals surface area contributed by atoms with Gasteiger partial charge in [0.15, 0.2) is 18.5 Å². The Hall–Kier alpha value is -2.23. The molecule has 28 heavy (non-hydrogen) atoms. The van der Waals surface area contributed by atoms with Gasteiger partial charge in [0.1, 0.15) is 0 Å². The van der Waals surface area contributed by atoms with Gasteiger partial charge in [-0.3, -0.25) is 4.79 Å². The maximum atomic E-state index is 13.9. The summed E-state index contributed by atoms with van der Waals surface area (Å²) in [7, 11) is 0. The van der Waals surface area contributed by atoms with Crippen LogP contribution in [0, 0.1) is 0 Å². The number of hydrogen-bond donors (Lipinski definition) is 0. The fourth-order valence-corrected chi connectivity index (χ4v) is 3.18. The molecule has 3 rings (SSSR count). The Morgan fingerprint density at radius 2 is 2.00 bits per heavy atom. The van der Waals surface area contributed by atoms with Crippen LogP contribution in [-0.4, -0.2) is 32.8 Å². The van der Waals surface area contributed by atoms with E-state index in [1.54, 1.807) is 0 Å². The third-order valence-corrected chi connectivity index (χ3v) is 4.51. The Morgan fingerprint density at radius 1 is 1.32 bits per heavy atom. The Morgan fingerprint density at radius 3 is 2.50 bits per heavy atom. The molecule has 1 heterocycles. The molecule has 1 unspecified atom stereocenters. The normalized spacial score (nSPS) is 15.7. The predicted octanol–water partition coefficient (Wildman–Crippen LogP) is 5.31. The van der Waals surface area contributed by atoms with Crippen molar-refractivity contribution in [3.63, 3.8) is 0 Å². The molecule has 1 atom stereocenters. The van der Waals surface area contributed by atoms with Crippen molar-refractivity contribution in [1.82, 2.24) is 14.7 Å². The van der Waals surface area contributed by atoms with Crippen LogP contribution in [0.3, 0.4) is 0 Å². The van der Waals surface area contributed by atoms with Crippen molar-refractivity contribution >= 4 is 17.5 Å². The van der Waals surface area contributed by atoms with E-state index < -0.39 is 48.6 Å². The fourth-order valence-electron chi connectivity index (χ4n) is 2.98. The van der Waals surface area contributed by atoms with E-state index in [9.17, 15) is 31.1 Å². The van der Waals surface area contributed by atoms with Gasteiger partial charge in [0.25, 0.3) is 12.3 Å². The zero-order valence-corrected chi connectivity index (χ0v) is 14.9. The van der Waals surface area contributed by atoms with Gasteiger partial charge < -0.3 is 4.90 Å². The highest BCUT2D eigenvalue weighted by Crippen LogP contribution is 2.45. The first-order valence-electron chi connectivity index (χ1n) is 8.19. The summed E-state index contributed by atoms with van der Waals surface area (Å²) in [6.45, 7) is -1.30. The maximum Gasteiger partial charge on any atom is 0.413 e. The molecule has 1 aliphatic rings. The average molecular weight is 426 g/mol. The van der Waals surface area contributed by atoms with Crippen LogP contribution in [0.25, 0.3) is 0 Å². The minimum Gasteiger partial charge on any atom is -0.318 e. The maximum absolute atomic E-state index is 13.9. The second-order valence-electron chi connectivity index (χ2n) is 6.34. The first-order chi connectivity index (χ1) is 13.1. The standard InChI is InChI=1S/C17H14ClF6N3O/c18-10-3-1-2-9(6-10)14(17(22,23)24)27(11-4-5-11)16(28)13-12(15(20)21)7-26(8-19)25-13/h1-3,6-7,11,14-15H,4-5,8H2. The summed E-state index contributed by atoms with van der Waals surface area (Å²) in [6.07, 6.45) is -6.91. The molecule has 0 radical (unpaired) electrons. The van der Waals surface area contributed by atoms with Crippen LogP contribution in [0.1, 0.15) is 46.9 Å². The number of alkyl halides is 6. The number of rotatable bonds is 6. The molecule has 2 aromatic rings. The van der Waals surface area contributed by atoms with E-state index in [2.05, 4.69) is 5.10 Å². The topological polar surface area (TPSA) is 38.1 Å². The molecular weight excluding hydrogens is 412 g/mol. The van der Waals surface area contributed by atoms with Crippen LogP contribution in [0.15, 0.2) is 30.5 Å². The van der Waals surface area contributed by atoms with Crippen molar-refractivity contribution in [2.24, 2.45) is 0 Å². The third-order valence-electron chi connectivity index (χ3n) is 4.28.